The van der Waals surface area contributed by atoms with Gasteiger partial charge in [-0.25, -0.2) is 10.2 Å². The van der Waals surface area contributed by atoms with E-state index in [1.165, 1.54) is 7.11 Å². The molecule has 0 bridgehead atoms. The number of aromatic nitrogens is 3. The number of nitrogens with zero attached hydrogens (tertiary/aromatic N) is 5. The van der Waals surface area contributed by atoms with Gasteiger partial charge in [-0.15, -0.1) is 0 Å². The minimum Gasteiger partial charge on any atom is -0.493 e. The van der Waals surface area contributed by atoms with Gasteiger partial charge in [-0.05, 0) is 48.7 Å². The first-order valence-corrected chi connectivity index (χ1v) is 10.8. The van der Waals surface area contributed by atoms with E-state index >= 15 is 0 Å². The summed E-state index contributed by atoms with van der Waals surface area (Å²) in [5.41, 5.74) is 4.45. The van der Waals surface area contributed by atoms with E-state index in [-0.39, 0.29) is 0 Å². The van der Waals surface area contributed by atoms with Crippen molar-refractivity contribution >= 4 is 35.7 Å². The Kier molecular flexibility index (Phi) is 7.33. The second-order valence-corrected chi connectivity index (χ2v) is 7.43. The first kappa shape index (κ1) is 22.8. The van der Waals surface area contributed by atoms with Crippen LogP contribution in [0.1, 0.15) is 18.4 Å². The van der Waals surface area contributed by atoms with Crippen molar-refractivity contribution in [2.75, 3.05) is 42.4 Å². The monoisotopic (exact) mass is 463 g/mol. The highest BCUT2D eigenvalue weighted by Gasteiger charge is 2.17. The topological polar surface area (TPSA) is 134 Å². The SMILES string of the molecule is COc1cc(/C=N\Nc2nc(Nc3ccccc3)nc(N3CCCC3)n2)ccc1OCC(=O)O. The fourth-order valence-electron chi connectivity index (χ4n) is 3.37. The summed E-state index contributed by atoms with van der Waals surface area (Å²) in [6, 6.07) is 14.7. The number of nitrogens with one attached hydrogen (secondary N) is 2. The minimum atomic E-state index is -1.07. The third-order valence-corrected chi connectivity index (χ3v) is 4.96. The van der Waals surface area contributed by atoms with Crippen LogP contribution < -0.4 is 25.1 Å². The molecule has 0 atom stereocenters. The van der Waals surface area contributed by atoms with E-state index in [0.29, 0.717) is 34.9 Å². The Bertz CT molecular complexity index is 1150. The Balaban J connectivity index is 1.50. The smallest absolute Gasteiger partial charge is 0.341 e. The maximum atomic E-state index is 10.7. The van der Waals surface area contributed by atoms with Crippen molar-refractivity contribution in [3.8, 4) is 11.5 Å². The van der Waals surface area contributed by atoms with Crippen molar-refractivity contribution in [2.45, 2.75) is 12.8 Å². The van der Waals surface area contributed by atoms with Gasteiger partial charge in [0.1, 0.15) is 0 Å². The maximum absolute atomic E-state index is 10.7. The van der Waals surface area contributed by atoms with Gasteiger partial charge in [0.2, 0.25) is 17.8 Å². The number of benzene rings is 2. The predicted octanol–water partition coefficient (Wildman–Crippen LogP) is 3.13. The summed E-state index contributed by atoms with van der Waals surface area (Å²) in [6.07, 6.45) is 3.78. The average molecular weight is 463 g/mol. The summed E-state index contributed by atoms with van der Waals surface area (Å²) in [7, 11) is 1.48. The molecule has 1 saturated heterocycles. The lowest BCUT2D eigenvalue weighted by molar-refractivity contribution is -0.139. The molecular formula is C23H25N7O4. The molecule has 0 unspecified atom stereocenters. The van der Waals surface area contributed by atoms with Crippen molar-refractivity contribution in [1.29, 1.82) is 0 Å². The van der Waals surface area contributed by atoms with Crippen LogP contribution in [-0.2, 0) is 4.79 Å². The fourth-order valence-corrected chi connectivity index (χ4v) is 3.37. The van der Waals surface area contributed by atoms with Crippen LogP contribution in [0.3, 0.4) is 0 Å². The van der Waals surface area contributed by atoms with Crippen LogP contribution in [0.15, 0.2) is 53.6 Å². The van der Waals surface area contributed by atoms with Crippen LogP contribution in [-0.4, -0.2) is 59.0 Å². The zero-order chi connectivity index (χ0) is 23.8. The molecule has 0 spiro atoms. The molecule has 11 nitrogen and oxygen atoms in total. The van der Waals surface area contributed by atoms with Gasteiger partial charge in [0, 0.05) is 18.8 Å². The summed E-state index contributed by atoms with van der Waals surface area (Å²) in [5.74, 6) is 0.978. The molecule has 3 N–H and O–H groups in total. The molecule has 0 amide bonds. The molecule has 2 aromatic carbocycles. The largest absolute Gasteiger partial charge is 0.493 e. The summed E-state index contributed by atoms with van der Waals surface area (Å²) >= 11 is 0. The van der Waals surface area contributed by atoms with Crippen LogP contribution in [0.25, 0.3) is 0 Å². The lowest BCUT2D eigenvalue weighted by Gasteiger charge is -2.16. The lowest BCUT2D eigenvalue weighted by Crippen LogP contribution is -2.21. The second kappa shape index (κ2) is 10.9. The van der Waals surface area contributed by atoms with Gasteiger partial charge < -0.3 is 24.8 Å². The number of methoxy groups -OCH3 is 1. The van der Waals surface area contributed by atoms with Gasteiger partial charge in [0.25, 0.3) is 0 Å². The molecule has 0 aliphatic carbocycles. The molecule has 4 rings (SSSR count). The highest BCUT2D eigenvalue weighted by Crippen LogP contribution is 2.27. The zero-order valence-corrected chi connectivity index (χ0v) is 18.6. The van der Waals surface area contributed by atoms with Gasteiger partial charge in [-0.1, -0.05) is 18.2 Å². The van der Waals surface area contributed by atoms with Crippen LogP contribution >= 0.6 is 0 Å². The molecule has 1 aromatic heterocycles. The van der Waals surface area contributed by atoms with E-state index in [2.05, 4.69) is 35.7 Å². The molecule has 2 heterocycles. The summed E-state index contributed by atoms with van der Waals surface area (Å²) in [5, 5.41) is 16.2. The number of carboxylic acid groups (broad SMARTS) is 1. The number of ether oxygens (including phenoxy) is 2. The quantitative estimate of drug-likeness (QED) is 0.304. The van der Waals surface area contributed by atoms with Crippen molar-refractivity contribution in [2.24, 2.45) is 5.10 Å². The van der Waals surface area contributed by atoms with Crippen molar-refractivity contribution in [3.63, 3.8) is 0 Å². The normalized spacial score (nSPS) is 13.1. The summed E-state index contributed by atoms with van der Waals surface area (Å²) in [4.78, 5) is 26.4. The van der Waals surface area contributed by atoms with Gasteiger partial charge in [0.05, 0.1) is 13.3 Å². The van der Waals surface area contributed by atoms with Crippen molar-refractivity contribution in [3.05, 3.63) is 54.1 Å². The third-order valence-electron chi connectivity index (χ3n) is 4.96. The first-order chi connectivity index (χ1) is 16.6. The number of carbonyl (C=O) groups is 1. The van der Waals surface area contributed by atoms with Crippen LogP contribution in [0.4, 0.5) is 23.5 Å². The fraction of sp³-hybridized carbons (Fsp3) is 0.261. The number of hydrogen-bond acceptors (Lipinski definition) is 10. The first-order valence-electron chi connectivity index (χ1n) is 10.8. The lowest BCUT2D eigenvalue weighted by atomic mass is 10.2. The molecule has 1 aliphatic rings. The maximum Gasteiger partial charge on any atom is 0.341 e. The number of anilines is 4. The molecule has 1 fully saturated rings. The molecule has 0 radical (unpaired) electrons. The Hall–Kier alpha value is -4.41. The third kappa shape index (κ3) is 6.09. The standard InChI is InChI=1S/C23H25N7O4/c1-33-19-13-16(9-10-18(19)34-15-20(31)32)14-24-29-22-26-21(25-17-7-3-2-4-8-17)27-23(28-22)30-11-5-6-12-30/h2-4,7-10,13-14H,5-6,11-12,15H2,1H3,(H,31,32)(H2,25,26,27,28,29)/b24-14-. The Morgan fingerprint density at radius 3 is 2.59 bits per heavy atom. The van der Waals surface area contributed by atoms with Crippen molar-refractivity contribution < 1.29 is 19.4 Å². The number of para-hydroxylation sites is 1. The summed E-state index contributed by atoms with van der Waals surface area (Å²) in [6.45, 7) is 1.34. The van der Waals surface area contributed by atoms with Gasteiger partial charge in [0.15, 0.2) is 18.1 Å². The average Bonchev–Trinajstić information content (AvgIpc) is 3.39. The highest BCUT2D eigenvalue weighted by molar-refractivity contribution is 5.81. The van der Waals surface area contributed by atoms with Gasteiger partial charge in [-0.2, -0.15) is 20.1 Å². The zero-order valence-electron chi connectivity index (χ0n) is 18.6. The minimum absolute atomic E-state index is 0.306. The predicted molar refractivity (Wildman–Crippen MR) is 128 cm³/mol. The number of hydrogen-bond donors (Lipinski definition) is 3. The molecule has 0 saturated carbocycles. The highest BCUT2D eigenvalue weighted by atomic mass is 16.5. The van der Waals surface area contributed by atoms with Crippen molar-refractivity contribution in [1.82, 2.24) is 15.0 Å². The van der Waals surface area contributed by atoms with Crippen LogP contribution in [0.5, 0.6) is 11.5 Å². The molecule has 3 aromatic rings. The van der Waals surface area contributed by atoms with Crippen LogP contribution in [0.2, 0.25) is 0 Å². The van der Waals surface area contributed by atoms with E-state index in [1.54, 1.807) is 24.4 Å². The van der Waals surface area contributed by atoms with E-state index in [4.69, 9.17) is 14.6 Å². The van der Waals surface area contributed by atoms with E-state index in [0.717, 1.165) is 31.6 Å². The van der Waals surface area contributed by atoms with Gasteiger partial charge in [-0.3, -0.25) is 0 Å². The number of aliphatic carboxylic acids is 1. The Morgan fingerprint density at radius 1 is 1.09 bits per heavy atom. The number of rotatable bonds is 10. The number of carboxylic acids is 1. The van der Waals surface area contributed by atoms with Crippen LogP contribution in [0, 0.1) is 0 Å². The molecule has 11 heteroatoms. The molecular weight excluding hydrogens is 438 g/mol. The number of hydrazone groups is 1. The van der Waals surface area contributed by atoms with E-state index in [9.17, 15) is 4.79 Å². The Labute approximate surface area is 196 Å². The molecule has 1 aliphatic heterocycles. The molecule has 176 valence electrons. The second-order valence-electron chi connectivity index (χ2n) is 7.43. The van der Waals surface area contributed by atoms with E-state index in [1.807, 2.05) is 30.3 Å². The van der Waals surface area contributed by atoms with Gasteiger partial charge >= 0.3 is 5.97 Å². The summed E-state index contributed by atoms with van der Waals surface area (Å²) < 4.78 is 10.5. The van der Waals surface area contributed by atoms with E-state index < -0.39 is 12.6 Å². The molecule has 34 heavy (non-hydrogen) atoms. The Morgan fingerprint density at radius 2 is 1.85 bits per heavy atom.